The highest BCUT2D eigenvalue weighted by molar-refractivity contribution is 6.32. The zero-order valence-corrected chi connectivity index (χ0v) is 19.9. The van der Waals surface area contributed by atoms with Crippen LogP contribution in [0.15, 0.2) is 42.5 Å². The van der Waals surface area contributed by atoms with Gasteiger partial charge in [0.1, 0.15) is 11.9 Å². The maximum Gasteiger partial charge on any atom is 0.340 e. The van der Waals surface area contributed by atoms with Gasteiger partial charge in [0.15, 0.2) is 6.17 Å². The molecule has 0 N–H and O–H groups in total. The van der Waals surface area contributed by atoms with E-state index in [1.807, 2.05) is 25.1 Å². The first-order valence-corrected chi connectivity index (χ1v) is 12.1. The van der Waals surface area contributed by atoms with Gasteiger partial charge in [-0.3, -0.25) is 0 Å². The topological polar surface area (TPSA) is 35.5 Å². The quantitative estimate of drug-likeness (QED) is 0.343. The minimum Gasteiger partial charge on any atom is -0.495 e. The summed E-state index contributed by atoms with van der Waals surface area (Å²) in [5.74, 6) is 0.643. The van der Waals surface area contributed by atoms with Crippen molar-refractivity contribution in [1.82, 2.24) is 0 Å². The highest BCUT2D eigenvalue weighted by Gasteiger charge is 2.27. The summed E-state index contributed by atoms with van der Waals surface area (Å²) in [6, 6.07) is 14.5. The van der Waals surface area contributed by atoms with Crippen molar-refractivity contribution < 1.29 is 18.7 Å². The Kier molecular flexibility index (Phi) is 9.40. The van der Waals surface area contributed by atoms with Crippen LogP contribution in [-0.4, -0.2) is 25.4 Å². The second kappa shape index (κ2) is 12.2. The van der Waals surface area contributed by atoms with E-state index in [0.29, 0.717) is 16.7 Å². The number of methoxy groups -OCH3 is 1. The van der Waals surface area contributed by atoms with Crippen LogP contribution in [0.4, 0.5) is 4.39 Å². The van der Waals surface area contributed by atoms with Gasteiger partial charge in [-0.05, 0) is 79.7 Å². The molecule has 3 rings (SSSR count). The number of rotatable bonds is 10. The molecule has 1 atom stereocenters. The Morgan fingerprint density at radius 2 is 1.78 bits per heavy atom. The molecule has 0 aliphatic heterocycles. The van der Waals surface area contributed by atoms with E-state index < -0.39 is 12.1 Å². The first-order chi connectivity index (χ1) is 15.5. The van der Waals surface area contributed by atoms with E-state index in [1.54, 1.807) is 7.11 Å². The van der Waals surface area contributed by atoms with Gasteiger partial charge in [0.05, 0.1) is 12.1 Å². The van der Waals surface area contributed by atoms with Gasteiger partial charge in [0.2, 0.25) is 0 Å². The lowest BCUT2D eigenvalue weighted by Crippen LogP contribution is -2.29. The molecule has 0 radical (unpaired) electrons. The standard InChI is InChI=1S/C27H34ClFO3/c1-3-4-5-25(29)27(30)32-23-15-10-20(11-16-23)7-6-19-8-12-21(13-9-19)22-14-17-26(31-2)24(28)18-22/h8-9,12-14,17-18,20,23,25H,3-7,10-11,15-16H2,1-2H3/t20?,23?,25-/m0/s1. The third-order valence-corrected chi connectivity index (χ3v) is 6.72. The van der Waals surface area contributed by atoms with Crippen LogP contribution in [0, 0.1) is 5.92 Å². The summed E-state index contributed by atoms with van der Waals surface area (Å²) in [7, 11) is 1.61. The highest BCUT2D eigenvalue weighted by Crippen LogP contribution is 2.32. The zero-order valence-electron chi connectivity index (χ0n) is 19.1. The molecule has 0 aromatic heterocycles. The predicted molar refractivity (Wildman–Crippen MR) is 128 cm³/mol. The normalized spacial score (nSPS) is 19.4. The van der Waals surface area contributed by atoms with Crippen molar-refractivity contribution in [2.45, 2.75) is 77.0 Å². The third-order valence-electron chi connectivity index (χ3n) is 6.42. The van der Waals surface area contributed by atoms with Crippen molar-refractivity contribution in [3.05, 3.63) is 53.1 Å². The third kappa shape index (κ3) is 6.96. The Morgan fingerprint density at radius 3 is 2.41 bits per heavy atom. The molecule has 0 amide bonds. The molecule has 1 aliphatic rings. The predicted octanol–water partition coefficient (Wildman–Crippen LogP) is 7.58. The molecule has 1 aliphatic carbocycles. The molecule has 1 fully saturated rings. The van der Waals surface area contributed by atoms with Gasteiger partial charge in [-0.2, -0.15) is 0 Å². The first-order valence-electron chi connectivity index (χ1n) is 11.8. The summed E-state index contributed by atoms with van der Waals surface area (Å²) in [5, 5.41) is 0.610. The van der Waals surface area contributed by atoms with E-state index in [2.05, 4.69) is 24.3 Å². The van der Waals surface area contributed by atoms with Crippen molar-refractivity contribution >= 4 is 17.6 Å². The van der Waals surface area contributed by atoms with Crippen LogP contribution in [0.3, 0.4) is 0 Å². The fraction of sp³-hybridized carbons (Fsp3) is 0.519. The molecule has 3 nitrogen and oxygen atoms in total. The number of esters is 1. The lowest BCUT2D eigenvalue weighted by molar-refractivity contribution is -0.157. The SMILES string of the molecule is CCCC[C@H](F)C(=O)OC1CCC(CCc2ccc(-c3ccc(OC)c(Cl)c3)cc2)CC1. The van der Waals surface area contributed by atoms with Gasteiger partial charge in [-0.1, -0.05) is 61.7 Å². The molecule has 0 heterocycles. The smallest absolute Gasteiger partial charge is 0.340 e. The van der Waals surface area contributed by atoms with Crippen molar-refractivity contribution in [3.63, 3.8) is 0 Å². The number of unbranched alkanes of at least 4 members (excludes halogenated alkanes) is 1. The summed E-state index contributed by atoms with van der Waals surface area (Å²) >= 11 is 6.25. The number of ether oxygens (including phenoxy) is 2. The number of benzene rings is 2. The Morgan fingerprint density at radius 1 is 1.09 bits per heavy atom. The van der Waals surface area contributed by atoms with Crippen LogP contribution >= 0.6 is 11.6 Å². The number of hydrogen-bond donors (Lipinski definition) is 0. The van der Waals surface area contributed by atoms with Gasteiger partial charge < -0.3 is 9.47 Å². The minimum absolute atomic E-state index is 0.116. The number of halogens is 2. The molecule has 5 heteroatoms. The second-order valence-corrected chi connectivity index (χ2v) is 9.18. The molecule has 0 spiro atoms. The number of hydrogen-bond acceptors (Lipinski definition) is 3. The van der Waals surface area contributed by atoms with Gasteiger partial charge in [0, 0.05) is 0 Å². The minimum atomic E-state index is -1.47. The van der Waals surface area contributed by atoms with Crippen LogP contribution in [0.25, 0.3) is 11.1 Å². The molecule has 1 saturated carbocycles. The van der Waals surface area contributed by atoms with E-state index in [9.17, 15) is 9.18 Å². The van der Waals surface area contributed by atoms with Gasteiger partial charge in [-0.25, -0.2) is 9.18 Å². The molecule has 2 aromatic carbocycles. The van der Waals surface area contributed by atoms with Crippen LogP contribution in [0.1, 0.15) is 63.9 Å². The largest absolute Gasteiger partial charge is 0.495 e. The summed E-state index contributed by atoms with van der Waals surface area (Å²) < 4.78 is 24.5. The van der Waals surface area contributed by atoms with Crippen molar-refractivity contribution in [1.29, 1.82) is 0 Å². The Hall–Kier alpha value is -2.07. The second-order valence-electron chi connectivity index (χ2n) is 8.77. The summed E-state index contributed by atoms with van der Waals surface area (Å²) in [6.45, 7) is 1.99. The number of alkyl halides is 1. The van der Waals surface area contributed by atoms with Crippen molar-refractivity contribution in [3.8, 4) is 16.9 Å². The molecule has 32 heavy (non-hydrogen) atoms. The van der Waals surface area contributed by atoms with E-state index in [0.717, 1.165) is 62.5 Å². The maximum atomic E-state index is 13.8. The van der Waals surface area contributed by atoms with Crippen LogP contribution in [0.5, 0.6) is 5.75 Å². The lowest BCUT2D eigenvalue weighted by atomic mass is 9.83. The van der Waals surface area contributed by atoms with Crippen LogP contribution in [0.2, 0.25) is 5.02 Å². The molecule has 0 bridgehead atoms. The Labute approximate surface area is 196 Å². The maximum absolute atomic E-state index is 13.8. The number of carbonyl (C=O) groups excluding carboxylic acids is 1. The molecule has 174 valence electrons. The van der Waals surface area contributed by atoms with Crippen LogP contribution < -0.4 is 4.74 Å². The van der Waals surface area contributed by atoms with E-state index >= 15 is 0 Å². The fourth-order valence-electron chi connectivity index (χ4n) is 4.36. The molecule has 2 aromatic rings. The Bertz CT molecular complexity index is 860. The van der Waals surface area contributed by atoms with Crippen molar-refractivity contribution in [2.24, 2.45) is 5.92 Å². The van der Waals surface area contributed by atoms with Gasteiger partial charge in [0.25, 0.3) is 0 Å². The molecular weight excluding hydrogens is 427 g/mol. The van der Waals surface area contributed by atoms with Crippen LogP contribution in [-0.2, 0) is 16.0 Å². The van der Waals surface area contributed by atoms with E-state index in [4.69, 9.17) is 21.1 Å². The average molecular weight is 461 g/mol. The average Bonchev–Trinajstić information content (AvgIpc) is 2.82. The van der Waals surface area contributed by atoms with Gasteiger partial charge >= 0.3 is 5.97 Å². The van der Waals surface area contributed by atoms with Crippen molar-refractivity contribution in [2.75, 3.05) is 7.11 Å². The monoisotopic (exact) mass is 460 g/mol. The molecule has 0 unspecified atom stereocenters. The summed E-state index contributed by atoms with van der Waals surface area (Å²) in [4.78, 5) is 11.9. The molecular formula is C27H34ClFO3. The van der Waals surface area contributed by atoms with E-state index in [1.165, 1.54) is 5.56 Å². The number of aryl methyl sites for hydroxylation is 1. The molecule has 0 saturated heterocycles. The van der Waals surface area contributed by atoms with Gasteiger partial charge in [-0.15, -0.1) is 0 Å². The zero-order chi connectivity index (χ0) is 22.9. The fourth-order valence-corrected chi connectivity index (χ4v) is 4.62. The van der Waals surface area contributed by atoms with E-state index in [-0.39, 0.29) is 12.5 Å². The Balaban J connectivity index is 1.42. The lowest BCUT2D eigenvalue weighted by Gasteiger charge is -2.28. The number of carbonyl (C=O) groups is 1. The summed E-state index contributed by atoms with van der Waals surface area (Å²) in [5.41, 5.74) is 3.52. The summed E-state index contributed by atoms with van der Waals surface area (Å²) in [6.07, 6.45) is 6.20. The highest BCUT2D eigenvalue weighted by atomic mass is 35.5. The first kappa shape index (κ1) is 24.6.